The van der Waals surface area contributed by atoms with E-state index in [4.69, 9.17) is 5.11 Å². The van der Waals surface area contributed by atoms with Gasteiger partial charge < -0.3 is 9.67 Å². The summed E-state index contributed by atoms with van der Waals surface area (Å²) in [7, 11) is 0. The molecule has 0 atom stereocenters. The molecule has 0 bridgehead atoms. The third-order valence-electron chi connectivity index (χ3n) is 3.56. The fourth-order valence-corrected chi connectivity index (χ4v) is 2.58. The van der Waals surface area contributed by atoms with Crippen molar-refractivity contribution in [2.24, 2.45) is 5.92 Å². The van der Waals surface area contributed by atoms with Crippen LogP contribution in [-0.2, 0) is 17.8 Å². The standard InChI is InChI=1S/C12H19N3O2/c1-9-13-14-11(15(9)8-12(16)17)7-6-10-4-2-3-5-10/h10H,2-8H2,1H3,(H,16,17). The molecule has 17 heavy (non-hydrogen) atoms. The maximum Gasteiger partial charge on any atom is 0.323 e. The van der Waals surface area contributed by atoms with Crippen molar-refractivity contribution in [3.63, 3.8) is 0 Å². The van der Waals surface area contributed by atoms with Gasteiger partial charge in [-0.1, -0.05) is 25.7 Å². The third kappa shape index (κ3) is 3.05. The Hall–Kier alpha value is -1.39. The Balaban J connectivity index is 1.97. The number of carboxylic acids is 1. The molecule has 0 radical (unpaired) electrons. The lowest BCUT2D eigenvalue weighted by atomic mass is 10.0. The van der Waals surface area contributed by atoms with Gasteiger partial charge in [-0.2, -0.15) is 0 Å². The Labute approximate surface area is 101 Å². The Morgan fingerprint density at radius 2 is 2.12 bits per heavy atom. The maximum absolute atomic E-state index is 10.8. The van der Waals surface area contributed by atoms with Crippen molar-refractivity contribution < 1.29 is 9.90 Å². The molecular formula is C12H19N3O2. The molecule has 5 nitrogen and oxygen atoms in total. The number of rotatable bonds is 5. The minimum absolute atomic E-state index is 0.0289. The lowest BCUT2D eigenvalue weighted by Crippen LogP contribution is -2.14. The van der Waals surface area contributed by atoms with Crippen molar-refractivity contribution in [1.29, 1.82) is 0 Å². The number of aromatic nitrogens is 3. The SMILES string of the molecule is Cc1nnc(CCC2CCCC2)n1CC(=O)O. The third-order valence-corrected chi connectivity index (χ3v) is 3.56. The highest BCUT2D eigenvalue weighted by Gasteiger charge is 2.17. The topological polar surface area (TPSA) is 68.0 Å². The number of carboxylic acid groups (broad SMARTS) is 1. The summed E-state index contributed by atoms with van der Waals surface area (Å²) in [5, 5.41) is 16.9. The van der Waals surface area contributed by atoms with Crippen LogP contribution in [0.15, 0.2) is 0 Å². The molecule has 1 N–H and O–H groups in total. The van der Waals surface area contributed by atoms with Gasteiger partial charge in [0.25, 0.3) is 0 Å². The number of nitrogens with zero attached hydrogens (tertiary/aromatic N) is 3. The summed E-state index contributed by atoms with van der Waals surface area (Å²) >= 11 is 0. The Morgan fingerprint density at radius 1 is 1.41 bits per heavy atom. The van der Waals surface area contributed by atoms with Crippen molar-refractivity contribution >= 4 is 5.97 Å². The van der Waals surface area contributed by atoms with E-state index in [0.29, 0.717) is 5.82 Å². The number of carbonyl (C=O) groups is 1. The summed E-state index contributed by atoms with van der Waals surface area (Å²) in [5.41, 5.74) is 0. The van der Waals surface area contributed by atoms with Gasteiger partial charge in [-0.25, -0.2) is 0 Å². The quantitative estimate of drug-likeness (QED) is 0.847. The average Bonchev–Trinajstić information content (AvgIpc) is 2.88. The van der Waals surface area contributed by atoms with Crippen LogP contribution in [0.2, 0.25) is 0 Å². The van der Waals surface area contributed by atoms with E-state index in [1.807, 2.05) is 0 Å². The smallest absolute Gasteiger partial charge is 0.323 e. The van der Waals surface area contributed by atoms with Crippen LogP contribution in [-0.4, -0.2) is 25.8 Å². The van der Waals surface area contributed by atoms with E-state index in [9.17, 15) is 4.79 Å². The Morgan fingerprint density at radius 3 is 2.76 bits per heavy atom. The van der Waals surface area contributed by atoms with Crippen LogP contribution in [0.3, 0.4) is 0 Å². The van der Waals surface area contributed by atoms with E-state index in [1.54, 1.807) is 11.5 Å². The Bertz CT molecular complexity index is 394. The van der Waals surface area contributed by atoms with E-state index < -0.39 is 5.97 Å². The van der Waals surface area contributed by atoms with Crippen LogP contribution in [0.1, 0.15) is 43.8 Å². The Kier molecular flexibility index (Phi) is 3.76. The van der Waals surface area contributed by atoms with Crippen LogP contribution >= 0.6 is 0 Å². The zero-order valence-corrected chi connectivity index (χ0v) is 10.2. The fourth-order valence-electron chi connectivity index (χ4n) is 2.58. The molecule has 1 fully saturated rings. The molecule has 0 aromatic carbocycles. The summed E-state index contributed by atoms with van der Waals surface area (Å²) in [6, 6.07) is 0. The predicted octanol–water partition coefficient (Wildman–Crippen LogP) is 1.79. The molecule has 1 aromatic heterocycles. The van der Waals surface area contributed by atoms with Gasteiger partial charge in [0.05, 0.1) is 0 Å². The van der Waals surface area contributed by atoms with Gasteiger partial charge in [-0.05, 0) is 19.3 Å². The second-order valence-corrected chi connectivity index (χ2v) is 4.83. The van der Waals surface area contributed by atoms with Crippen molar-refractivity contribution in [2.75, 3.05) is 0 Å². The average molecular weight is 237 g/mol. The molecular weight excluding hydrogens is 218 g/mol. The summed E-state index contributed by atoms with van der Waals surface area (Å²) in [6.07, 6.45) is 7.26. The van der Waals surface area contributed by atoms with E-state index >= 15 is 0 Å². The van der Waals surface area contributed by atoms with Gasteiger partial charge >= 0.3 is 5.97 Å². The highest BCUT2D eigenvalue weighted by atomic mass is 16.4. The largest absolute Gasteiger partial charge is 0.480 e. The van der Waals surface area contributed by atoms with E-state index in [-0.39, 0.29) is 6.54 Å². The molecule has 0 spiro atoms. The monoisotopic (exact) mass is 237 g/mol. The highest BCUT2D eigenvalue weighted by Crippen LogP contribution is 2.28. The van der Waals surface area contributed by atoms with E-state index in [0.717, 1.165) is 24.6 Å². The molecule has 2 rings (SSSR count). The number of aliphatic carboxylic acids is 1. The highest BCUT2D eigenvalue weighted by molar-refractivity contribution is 5.66. The second-order valence-electron chi connectivity index (χ2n) is 4.83. The molecule has 0 amide bonds. The van der Waals surface area contributed by atoms with Crippen molar-refractivity contribution in [3.05, 3.63) is 11.6 Å². The first-order chi connectivity index (χ1) is 8.16. The van der Waals surface area contributed by atoms with Gasteiger partial charge in [-0.15, -0.1) is 10.2 Å². The molecule has 1 aliphatic rings. The van der Waals surface area contributed by atoms with Gasteiger partial charge in [0, 0.05) is 6.42 Å². The maximum atomic E-state index is 10.8. The summed E-state index contributed by atoms with van der Waals surface area (Å²) in [6.45, 7) is 1.77. The van der Waals surface area contributed by atoms with Crippen LogP contribution < -0.4 is 0 Å². The molecule has 1 heterocycles. The van der Waals surface area contributed by atoms with E-state index in [1.165, 1.54) is 25.7 Å². The van der Waals surface area contributed by atoms with Crippen molar-refractivity contribution in [1.82, 2.24) is 14.8 Å². The van der Waals surface area contributed by atoms with Crippen molar-refractivity contribution in [2.45, 2.75) is 52.0 Å². The zero-order valence-electron chi connectivity index (χ0n) is 10.2. The molecule has 1 aliphatic carbocycles. The summed E-state index contributed by atoms with van der Waals surface area (Å²) in [5.74, 6) is 1.46. The lowest BCUT2D eigenvalue weighted by molar-refractivity contribution is -0.137. The molecule has 0 unspecified atom stereocenters. The molecule has 5 heteroatoms. The summed E-state index contributed by atoms with van der Waals surface area (Å²) < 4.78 is 1.71. The normalized spacial score (nSPS) is 16.5. The van der Waals surface area contributed by atoms with Crippen molar-refractivity contribution in [3.8, 4) is 0 Å². The van der Waals surface area contributed by atoms with Gasteiger partial charge in [0.15, 0.2) is 0 Å². The molecule has 0 aliphatic heterocycles. The fraction of sp³-hybridized carbons (Fsp3) is 0.750. The van der Waals surface area contributed by atoms with Gasteiger partial charge in [0.2, 0.25) is 0 Å². The minimum atomic E-state index is -0.838. The molecule has 0 saturated heterocycles. The number of hydrogen-bond donors (Lipinski definition) is 1. The second kappa shape index (κ2) is 5.29. The van der Waals surface area contributed by atoms with Gasteiger partial charge in [-0.3, -0.25) is 4.79 Å². The summed E-state index contributed by atoms with van der Waals surface area (Å²) in [4.78, 5) is 10.8. The first kappa shape index (κ1) is 12.1. The molecule has 1 saturated carbocycles. The van der Waals surface area contributed by atoms with E-state index in [2.05, 4.69) is 10.2 Å². The molecule has 1 aromatic rings. The molecule has 94 valence electrons. The number of aryl methyl sites for hydroxylation is 2. The van der Waals surface area contributed by atoms with Crippen LogP contribution in [0, 0.1) is 12.8 Å². The van der Waals surface area contributed by atoms with Crippen LogP contribution in [0.5, 0.6) is 0 Å². The van der Waals surface area contributed by atoms with Gasteiger partial charge in [0.1, 0.15) is 18.2 Å². The number of hydrogen-bond acceptors (Lipinski definition) is 3. The predicted molar refractivity (Wildman–Crippen MR) is 62.7 cm³/mol. The minimum Gasteiger partial charge on any atom is -0.480 e. The first-order valence-corrected chi connectivity index (χ1v) is 6.27. The zero-order chi connectivity index (χ0) is 12.3. The van der Waals surface area contributed by atoms with Crippen LogP contribution in [0.25, 0.3) is 0 Å². The van der Waals surface area contributed by atoms with Crippen LogP contribution in [0.4, 0.5) is 0 Å². The first-order valence-electron chi connectivity index (χ1n) is 6.27. The lowest BCUT2D eigenvalue weighted by Gasteiger charge is -2.09.